The zero-order valence-electron chi connectivity index (χ0n) is 19.7. The van der Waals surface area contributed by atoms with Crippen LogP contribution in [-0.2, 0) is 4.79 Å². The fraction of sp³-hybridized carbons (Fsp3) is 0.308. The Morgan fingerprint density at radius 2 is 1.74 bits per heavy atom. The third-order valence-electron chi connectivity index (χ3n) is 5.54. The Morgan fingerprint density at radius 1 is 1.06 bits per heavy atom. The number of hydrogen-bond donors (Lipinski definition) is 0. The van der Waals surface area contributed by atoms with Gasteiger partial charge in [0.05, 0.1) is 19.7 Å². The lowest BCUT2D eigenvalue weighted by molar-refractivity contribution is -0.104. The Kier molecular flexibility index (Phi) is 8.70. The van der Waals surface area contributed by atoms with Crippen LogP contribution in [0.3, 0.4) is 0 Å². The topological polar surface area (TPSA) is 90.9 Å². The van der Waals surface area contributed by atoms with Crippen LogP contribution in [0.5, 0.6) is 17.2 Å². The number of fused-ring (bicyclic) bond motifs is 1. The van der Waals surface area contributed by atoms with Crippen molar-refractivity contribution < 1.29 is 23.8 Å². The van der Waals surface area contributed by atoms with Gasteiger partial charge in [-0.05, 0) is 56.3 Å². The first-order valence-corrected chi connectivity index (χ1v) is 10.9. The molecule has 0 radical (unpaired) electrons. The Hall–Kier alpha value is -3.78. The van der Waals surface area contributed by atoms with E-state index >= 15 is 0 Å². The number of carbonyl (C=O) groups is 2. The molecule has 0 amide bonds. The van der Waals surface area contributed by atoms with Crippen molar-refractivity contribution in [1.82, 2.24) is 14.9 Å². The highest BCUT2D eigenvalue weighted by atomic mass is 16.5. The second kappa shape index (κ2) is 11.9. The first kappa shape index (κ1) is 24.9. The lowest BCUT2D eigenvalue weighted by Crippen LogP contribution is -2.35. The molecule has 0 unspecified atom stereocenters. The summed E-state index contributed by atoms with van der Waals surface area (Å²) in [7, 11) is 5.31. The molecule has 1 fully saturated rings. The Balaban J connectivity index is 0.000000751. The van der Waals surface area contributed by atoms with Crippen molar-refractivity contribution in [2.24, 2.45) is 0 Å². The predicted molar refractivity (Wildman–Crippen MR) is 130 cm³/mol. The highest BCUT2D eigenvalue weighted by molar-refractivity contribution is 6.14. The van der Waals surface area contributed by atoms with Crippen molar-refractivity contribution in [3.63, 3.8) is 0 Å². The van der Waals surface area contributed by atoms with Crippen LogP contribution >= 0.6 is 0 Å². The van der Waals surface area contributed by atoms with Crippen molar-refractivity contribution in [2.45, 2.75) is 18.9 Å². The van der Waals surface area contributed by atoms with E-state index in [4.69, 9.17) is 19.0 Å². The molecule has 2 heterocycles. The van der Waals surface area contributed by atoms with E-state index in [1.165, 1.54) is 12.4 Å². The van der Waals surface area contributed by atoms with Gasteiger partial charge in [-0.3, -0.25) is 9.59 Å². The third-order valence-corrected chi connectivity index (χ3v) is 5.54. The van der Waals surface area contributed by atoms with E-state index in [9.17, 15) is 4.79 Å². The number of likely N-dealkylation sites (tertiary alicyclic amines) is 1. The highest BCUT2D eigenvalue weighted by Gasteiger charge is 2.22. The molecule has 1 aliphatic rings. The van der Waals surface area contributed by atoms with Crippen LogP contribution < -0.4 is 14.2 Å². The van der Waals surface area contributed by atoms with E-state index in [1.807, 2.05) is 6.07 Å². The van der Waals surface area contributed by atoms with Gasteiger partial charge in [-0.1, -0.05) is 6.58 Å². The summed E-state index contributed by atoms with van der Waals surface area (Å²) >= 11 is 0. The van der Waals surface area contributed by atoms with Crippen LogP contribution in [0.15, 0.2) is 55.4 Å². The van der Waals surface area contributed by atoms with E-state index < -0.39 is 0 Å². The van der Waals surface area contributed by atoms with Crippen molar-refractivity contribution in [2.75, 3.05) is 34.4 Å². The average Bonchev–Trinajstić information content (AvgIpc) is 2.89. The van der Waals surface area contributed by atoms with Crippen LogP contribution in [0.1, 0.15) is 28.9 Å². The summed E-state index contributed by atoms with van der Waals surface area (Å²) in [5, 5.41) is 0.641. The molecule has 0 atom stereocenters. The van der Waals surface area contributed by atoms with Gasteiger partial charge in [0.1, 0.15) is 30.2 Å². The maximum atomic E-state index is 13.1. The van der Waals surface area contributed by atoms with Crippen LogP contribution in [0, 0.1) is 0 Å². The summed E-state index contributed by atoms with van der Waals surface area (Å²) in [5.41, 5.74) is 1.50. The van der Waals surface area contributed by atoms with Gasteiger partial charge < -0.3 is 19.1 Å². The molecule has 8 heteroatoms. The first-order chi connectivity index (χ1) is 16.5. The van der Waals surface area contributed by atoms with Gasteiger partial charge in [-0.15, -0.1) is 0 Å². The molecular formula is C26H29N3O5. The van der Waals surface area contributed by atoms with Gasteiger partial charge in [0.25, 0.3) is 0 Å². The molecule has 34 heavy (non-hydrogen) atoms. The number of rotatable bonds is 7. The molecular weight excluding hydrogens is 434 g/mol. The number of aromatic nitrogens is 2. The van der Waals surface area contributed by atoms with Gasteiger partial charge in [0.2, 0.25) is 5.78 Å². The molecule has 178 valence electrons. The summed E-state index contributed by atoms with van der Waals surface area (Å²) in [6.45, 7) is 5.09. The maximum absolute atomic E-state index is 13.1. The Morgan fingerprint density at radius 3 is 2.32 bits per heavy atom. The average molecular weight is 464 g/mol. The van der Waals surface area contributed by atoms with Crippen molar-refractivity contribution >= 4 is 23.0 Å². The molecule has 0 aliphatic carbocycles. The summed E-state index contributed by atoms with van der Waals surface area (Å²) in [4.78, 5) is 33.1. The van der Waals surface area contributed by atoms with E-state index in [-0.39, 0.29) is 11.9 Å². The predicted octanol–water partition coefficient (Wildman–Crippen LogP) is 3.72. The molecule has 0 bridgehead atoms. The largest absolute Gasteiger partial charge is 0.497 e. The number of aldehydes is 1. The number of methoxy groups -OCH3 is 2. The molecule has 8 nitrogen and oxygen atoms in total. The SMILES string of the molecule is C=CC=O.COc1ccc(C(=O)c2ncnc3cc(OC)c(OC4CCN(C)CC4)cc23)cc1. The number of carbonyl (C=O) groups excluding carboxylic acids is 2. The first-order valence-electron chi connectivity index (χ1n) is 10.9. The summed E-state index contributed by atoms with van der Waals surface area (Å²) in [6.07, 6.45) is 5.23. The van der Waals surface area contributed by atoms with Gasteiger partial charge in [-0.2, -0.15) is 0 Å². The van der Waals surface area contributed by atoms with Gasteiger partial charge in [0, 0.05) is 30.1 Å². The number of allylic oxidation sites excluding steroid dienone is 1. The Labute approximate surface area is 199 Å². The van der Waals surface area contributed by atoms with Crippen molar-refractivity contribution in [1.29, 1.82) is 0 Å². The van der Waals surface area contributed by atoms with Crippen molar-refractivity contribution in [3.8, 4) is 17.2 Å². The zero-order valence-corrected chi connectivity index (χ0v) is 19.7. The number of nitrogens with zero attached hydrogens (tertiary/aromatic N) is 3. The number of benzene rings is 2. The fourth-order valence-electron chi connectivity index (χ4n) is 3.66. The molecule has 1 aliphatic heterocycles. The second-order valence-electron chi connectivity index (χ2n) is 7.79. The molecule has 0 saturated carbocycles. The molecule has 0 N–H and O–H groups in total. The van der Waals surface area contributed by atoms with Gasteiger partial charge in [0.15, 0.2) is 11.5 Å². The number of hydrogen-bond acceptors (Lipinski definition) is 8. The number of piperidine rings is 1. The van der Waals surface area contributed by atoms with E-state index in [2.05, 4.69) is 28.5 Å². The standard InChI is InChI=1S/C23H25N3O4.C3H4O/c1-26-10-8-17(9-11-26)30-21-12-18-19(13-20(21)29-3)24-14-25-22(18)23(27)15-4-6-16(28-2)7-5-15;1-2-3-4/h4-7,12-14,17H,8-11H2,1-3H3;2-3H,1H2. The van der Waals surface area contributed by atoms with Crippen LogP contribution in [0.25, 0.3) is 10.9 Å². The Bertz CT molecular complexity index is 1130. The molecule has 2 aromatic carbocycles. The lowest BCUT2D eigenvalue weighted by Gasteiger charge is -2.29. The quantitative estimate of drug-likeness (QED) is 0.297. The highest BCUT2D eigenvalue weighted by Crippen LogP contribution is 2.35. The van der Waals surface area contributed by atoms with Crippen molar-refractivity contribution in [3.05, 3.63) is 66.6 Å². The van der Waals surface area contributed by atoms with Crippen LogP contribution in [-0.4, -0.2) is 67.4 Å². The molecule has 1 aromatic heterocycles. The van der Waals surface area contributed by atoms with Crippen LogP contribution in [0.2, 0.25) is 0 Å². The minimum atomic E-state index is -0.180. The van der Waals surface area contributed by atoms with Crippen LogP contribution in [0.4, 0.5) is 0 Å². The van der Waals surface area contributed by atoms with E-state index in [0.717, 1.165) is 25.9 Å². The second-order valence-corrected chi connectivity index (χ2v) is 7.79. The summed E-state index contributed by atoms with van der Waals surface area (Å²) < 4.78 is 17.0. The summed E-state index contributed by atoms with van der Waals surface area (Å²) in [6, 6.07) is 10.6. The number of ether oxygens (including phenoxy) is 3. The number of ketones is 1. The molecule has 0 spiro atoms. The minimum Gasteiger partial charge on any atom is -0.497 e. The minimum absolute atomic E-state index is 0.109. The van der Waals surface area contributed by atoms with Gasteiger partial charge in [-0.25, -0.2) is 9.97 Å². The fourth-order valence-corrected chi connectivity index (χ4v) is 3.66. The van der Waals surface area contributed by atoms with E-state index in [0.29, 0.717) is 45.7 Å². The van der Waals surface area contributed by atoms with Gasteiger partial charge >= 0.3 is 0 Å². The normalized spacial score (nSPS) is 14.0. The maximum Gasteiger partial charge on any atom is 0.212 e. The molecule has 3 aromatic rings. The smallest absolute Gasteiger partial charge is 0.212 e. The van der Waals surface area contributed by atoms with E-state index in [1.54, 1.807) is 44.6 Å². The molecule has 1 saturated heterocycles. The monoisotopic (exact) mass is 463 g/mol. The zero-order chi connectivity index (χ0) is 24.5. The lowest BCUT2D eigenvalue weighted by atomic mass is 10.0. The third kappa shape index (κ3) is 5.96. The molecule has 4 rings (SSSR count). The summed E-state index contributed by atoms with van der Waals surface area (Å²) in [5.74, 6) is 1.72.